The molecule has 14 heavy (non-hydrogen) atoms. The average molecular weight is 248 g/mol. The molecule has 0 aliphatic rings. The third kappa shape index (κ3) is 1.64. The smallest absolute Gasteiger partial charge is 0.225 e. The highest BCUT2D eigenvalue weighted by molar-refractivity contribution is 7.89. The average Bonchev–Trinajstić information content (AvgIpc) is 2.45. The van der Waals surface area contributed by atoms with Gasteiger partial charge in [0.25, 0.3) is 0 Å². The molecule has 0 bridgehead atoms. The van der Waals surface area contributed by atoms with E-state index in [0.717, 1.165) is 4.70 Å². The van der Waals surface area contributed by atoms with E-state index in [1.54, 1.807) is 18.2 Å². The Morgan fingerprint density at radius 1 is 1.36 bits per heavy atom. The van der Waals surface area contributed by atoms with Gasteiger partial charge in [-0.1, -0.05) is 11.6 Å². The van der Waals surface area contributed by atoms with Gasteiger partial charge in [-0.05, 0) is 18.2 Å². The first-order valence-electron chi connectivity index (χ1n) is 3.68. The van der Waals surface area contributed by atoms with Crippen LogP contribution in [-0.2, 0) is 10.0 Å². The normalized spacial score (nSPS) is 12.1. The molecule has 0 aliphatic carbocycles. The maximum absolute atomic E-state index is 11.2. The van der Waals surface area contributed by atoms with Crippen LogP contribution in [0.25, 0.3) is 10.1 Å². The van der Waals surface area contributed by atoms with Crippen LogP contribution in [0.4, 0.5) is 0 Å². The van der Waals surface area contributed by atoms with Crippen molar-refractivity contribution in [1.29, 1.82) is 0 Å². The van der Waals surface area contributed by atoms with E-state index in [1.807, 2.05) is 0 Å². The highest BCUT2D eigenvalue weighted by atomic mass is 35.5. The van der Waals surface area contributed by atoms with Gasteiger partial charge in [0.05, 0.1) is 0 Å². The van der Waals surface area contributed by atoms with E-state index in [0.29, 0.717) is 10.4 Å². The minimum Gasteiger partial charge on any atom is -0.225 e. The van der Waals surface area contributed by atoms with Crippen LogP contribution < -0.4 is 5.14 Å². The largest absolute Gasteiger partial charge is 0.239 e. The number of benzene rings is 1. The summed E-state index contributed by atoms with van der Waals surface area (Å²) < 4.78 is 23.2. The molecule has 0 amide bonds. The Hall–Kier alpha value is -0.620. The van der Waals surface area contributed by atoms with Crippen molar-refractivity contribution in [3.63, 3.8) is 0 Å². The van der Waals surface area contributed by atoms with E-state index in [-0.39, 0.29) is 4.90 Å². The molecule has 0 saturated heterocycles. The van der Waals surface area contributed by atoms with Gasteiger partial charge in [0.1, 0.15) is 4.90 Å². The number of hydrogen-bond acceptors (Lipinski definition) is 3. The van der Waals surface area contributed by atoms with Crippen molar-refractivity contribution in [3.05, 3.63) is 28.6 Å². The zero-order chi connectivity index (χ0) is 10.3. The summed E-state index contributed by atoms with van der Waals surface area (Å²) >= 11 is 7.10. The fourth-order valence-corrected chi connectivity index (χ4v) is 3.39. The molecule has 1 aromatic heterocycles. The lowest BCUT2D eigenvalue weighted by Gasteiger charge is -1.95. The highest BCUT2D eigenvalue weighted by Crippen LogP contribution is 2.30. The zero-order valence-electron chi connectivity index (χ0n) is 6.90. The molecule has 74 valence electrons. The number of rotatable bonds is 1. The molecule has 0 unspecified atom stereocenters. The Labute approximate surface area is 90.2 Å². The number of primary sulfonamides is 1. The van der Waals surface area contributed by atoms with E-state index in [1.165, 1.54) is 16.7 Å². The second-order valence-corrected chi connectivity index (χ2v) is 5.66. The number of nitrogens with two attached hydrogens (primary N) is 1. The predicted octanol–water partition coefficient (Wildman–Crippen LogP) is 2.20. The molecule has 0 aliphatic heterocycles. The summed E-state index contributed by atoms with van der Waals surface area (Å²) in [5.41, 5.74) is 0. The van der Waals surface area contributed by atoms with E-state index in [4.69, 9.17) is 16.7 Å². The first kappa shape index (κ1) is 9.92. The fourth-order valence-electron chi connectivity index (χ4n) is 1.20. The molecule has 0 saturated carbocycles. The SMILES string of the molecule is NS(=O)(=O)c1csc2ccc(Cl)cc12. The molecule has 0 fully saturated rings. The Morgan fingerprint density at radius 3 is 2.71 bits per heavy atom. The lowest BCUT2D eigenvalue weighted by molar-refractivity contribution is 0.599. The zero-order valence-corrected chi connectivity index (χ0v) is 9.29. The summed E-state index contributed by atoms with van der Waals surface area (Å²) in [5, 5.41) is 7.67. The number of sulfonamides is 1. The topological polar surface area (TPSA) is 60.2 Å². The number of fused-ring (bicyclic) bond motifs is 1. The van der Waals surface area contributed by atoms with Crippen LogP contribution in [0.5, 0.6) is 0 Å². The van der Waals surface area contributed by atoms with E-state index in [9.17, 15) is 8.42 Å². The summed E-state index contributed by atoms with van der Waals surface area (Å²) in [5.74, 6) is 0. The van der Waals surface area contributed by atoms with Gasteiger partial charge in [0.15, 0.2) is 0 Å². The third-order valence-corrected chi connectivity index (χ3v) is 4.11. The Balaban J connectivity index is 2.87. The Morgan fingerprint density at radius 2 is 2.07 bits per heavy atom. The molecule has 0 spiro atoms. The minimum atomic E-state index is -3.65. The third-order valence-electron chi connectivity index (χ3n) is 1.81. The first-order chi connectivity index (χ1) is 6.48. The van der Waals surface area contributed by atoms with Gasteiger partial charge in [-0.15, -0.1) is 11.3 Å². The summed E-state index contributed by atoms with van der Waals surface area (Å²) in [6.07, 6.45) is 0. The van der Waals surface area contributed by atoms with Gasteiger partial charge in [-0.3, -0.25) is 0 Å². The molecular formula is C8H6ClNO2S2. The number of halogens is 1. The summed E-state index contributed by atoms with van der Waals surface area (Å²) in [7, 11) is -3.65. The Bertz CT molecular complexity index is 588. The summed E-state index contributed by atoms with van der Waals surface area (Å²) in [6.45, 7) is 0. The maximum Gasteiger partial charge on any atom is 0.239 e. The lowest BCUT2D eigenvalue weighted by atomic mass is 10.3. The van der Waals surface area contributed by atoms with Crippen LogP contribution in [0.1, 0.15) is 0 Å². The van der Waals surface area contributed by atoms with Crippen LogP contribution in [-0.4, -0.2) is 8.42 Å². The molecule has 2 rings (SSSR count). The second-order valence-electron chi connectivity index (χ2n) is 2.79. The predicted molar refractivity (Wildman–Crippen MR) is 58.2 cm³/mol. The number of hydrogen-bond donors (Lipinski definition) is 1. The van der Waals surface area contributed by atoms with Crippen molar-refractivity contribution < 1.29 is 8.42 Å². The van der Waals surface area contributed by atoms with E-state index in [2.05, 4.69) is 0 Å². The van der Waals surface area contributed by atoms with Crippen molar-refractivity contribution in [2.24, 2.45) is 5.14 Å². The molecule has 0 radical (unpaired) electrons. The van der Waals surface area contributed by atoms with Crippen molar-refractivity contribution in [2.45, 2.75) is 4.90 Å². The minimum absolute atomic E-state index is 0.139. The molecule has 1 aromatic carbocycles. The van der Waals surface area contributed by atoms with E-state index >= 15 is 0 Å². The molecule has 1 heterocycles. The quantitative estimate of drug-likeness (QED) is 0.840. The second kappa shape index (κ2) is 3.20. The highest BCUT2D eigenvalue weighted by Gasteiger charge is 2.14. The fraction of sp³-hybridized carbons (Fsp3) is 0. The molecular weight excluding hydrogens is 242 g/mol. The van der Waals surface area contributed by atoms with Crippen molar-refractivity contribution in [3.8, 4) is 0 Å². The Kier molecular flexibility index (Phi) is 2.27. The van der Waals surface area contributed by atoms with E-state index < -0.39 is 10.0 Å². The van der Waals surface area contributed by atoms with Crippen LogP contribution in [0, 0.1) is 0 Å². The molecule has 2 aromatic rings. The van der Waals surface area contributed by atoms with Gasteiger partial charge >= 0.3 is 0 Å². The van der Waals surface area contributed by atoms with Crippen molar-refractivity contribution >= 4 is 43.0 Å². The first-order valence-corrected chi connectivity index (χ1v) is 6.48. The van der Waals surface area contributed by atoms with Gasteiger partial charge in [0, 0.05) is 20.5 Å². The van der Waals surface area contributed by atoms with Crippen LogP contribution in [0.2, 0.25) is 5.02 Å². The standard InChI is InChI=1S/C8H6ClNO2S2/c9-5-1-2-7-6(3-5)8(4-13-7)14(10,11)12/h1-4H,(H2,10,11,12). The van der Waals surface area contributed by atoms with Gasteiger partial charge in [0.2, 0.25) is 10.0 Å². The van der Waals surface area contributed by atoms with Gasteiger partial charge < -0.3 is 0 Å². The van der Waals surface area contributed by atoms with Crippen LogP contribution >= 0.6 is 22.9 Å². The maximum atomic E-state index is 11.2. The number of thiophene rings is 1. The van der Waals surface area contributed by atoms with Crippen LogP contribution in [0.15, 0.2) is 28.5 Å². The van der Waals surface area contributed by atoms with Gasteiger partial charge in [-0.25, -0.2) is 13.6 Å². The molecule has 0 atom stereocenters. The van der Waals surface area contributed by atoms with Crippen molar-refractivity contribution in [2.75, 3.05) is 0 Å². The summed E-state index contributed by atoms with van der Waals surface area (Å²) in [6, 6.07) is 5.09. The molecule has 2 N–H and O–H groups in total. The van der Waals surface area contributed by atoms with Gasteiger partial charge in [-0.2, -0.15) is 0 Å². The monoisotopic (exact) mass is 247 g/mol. The lowest BCUT2D eigenvalue weighted by Crippen LogP contribution is -2.11. The molecule has 3 nitrogen and oxygen atoms in total. The molecule has 6 heteroatoms. The van der Waals surface area contributed by atoms with Crippen molar-refractivity contribution in [1.82, 2.24) is 0 Å². The van der Waals surface area contributed by atoms with Crippen LogP contribution in [0.3, 0.4) is 0 Å². The summed E-state index contributed by atoms with van der Waals surface area (Å²) in [4.78, 5) is 0.139.